The second-order valence-corrected chi connectivity index (χ2v) is 7.82. The van der Waals surface area contributed by atoms with Gasteiger partial charge in [0, 0.05) is 15.1 Å². The molecular formula is C16H10Cl2N2O4S2. The average Bonchev–Trinajstić information content (AvgIpc) is 3.17. The van der Waals surface area contributed by atoms with Gasteiger partial charge in [0.1, 0.15) is 9.88 Å². The number of fused-ring (bicyclic) bond motifs is 1. The fourth-order valence-electron chi connectivity index (χ4n) is 2.13. The van der Waals surface area contributed by atoms with E-state index in [1.807, 2.05) is 0 Å². The van der Waals surface area contributed by atoms with Gasteiger partial charge in [0.05, 0.1) is 10.6 Å². The van der Waals surface area contributed by atoms with Crippen molar-refractivity contribution >= 4 is 78.7 Å². The number of ether oxygens (including phenoxy) is 1. The molecule has 0 spiro atoms. The Bertz CT molecular complexity index is 1030. The van der Waals surface area contributed by atoms with Crippen molar-refractivity contribution in [1.82, 2.24) is 0 Å². The zero-order valence-electron chi connectivity index (χ0n) is 12.9. The summed E-state index contributed by atoms with van der Waals surface area (Å²) in [5.41, 5.74) is 5.40. The van der Waals surface area contributed by atoms with E-state index in [0.717, 1.165) is 27.4 Å². The number of nitrogens with two attached hydrogens (primary N) is 1. The van der Waals surface area contributed by atoms with Gasteiger partial charge < -0.3 is 15.8 Å². The molecule has 0 aliphatic carbocycles. The first-order valence-corrected chi connectivity index (χ1v) is 9.54. The number of nitrogens with one attached hydrogen (secondary N) is 1. The lowest BCUT2D eigenvalue weighted by Gasteiger charge is -2.05. The number of hydrogen-bond acceptors (Lipinski definition) is 6. The summed E-state index contributed by atoms with van der Waals surface area (Å²) >= 11 is 14.4. The second-order valence-electron chi connectivity index (χ2n) is 5.04. The largest absolute Gasteiger partial charge is 0.451 e. The lowest BCUT2D eigenvalue weighted by Crippen LogP contribution is -2.22. The van der Waals surface area contributed by atoms with Crippen LogP contribution in [0.15, 0.2) is 29.6 Å². The molecule has 0 aliphatic rings. The van der Waals surface area contributed by atoms with E-state index in [0.29, 0.717) is 15.4 Å². The Hall–Kier alpha value is -2.13. The van der Waals surface area contributed by atoms with E-state index < -0.39 is 24.4 Å². The van der Waals surface area contributed by atoms with Crippen molar-refractivity contribution in [1.29, 1.82) is 0 Å². The number of hydrogen-bond donors (Lipinski definition) is 2. The number of carbonyl (C=O) groups is 3. The Balaban J connectivity index is 1.67. The molecule has 0 fully saturated rings. The van der Waals surface area contributed by atoms with Crippen molar-refractivity contribution in [3.63, 3.8) is 0 Å². The Labute approximate surface area is 165 Å². The number of halogens is 2. The quantitative estimate of drug-likeness (QED) is 0.595. The summed E-state index contributed by atoms with van der Waals surface area (Å²) in [7, 11) is 0. The maximum Gasteiger partial charge on any atom is 0.350 e. The fraction of sp³-hybridized carbons (Fsp3) is 0.0625. The maximum absolute atomic E-state index is 12.2. The van der Waals surface area contributed by atoms with E-state index in [1.54, 1.807) is 23.6 Å². The van der Waals surface area contributed by atoms with Crippen LogP contribution in [0.2, 0.25) is 10.0 Å². The highest BCUT2D eigenvalue weighted by Crippen LogP contribution is 2.37. The summed E-state index contributed by atoms with van der Waals surface area (Å²) in [6.45, 7) is -0.528. The normalized spacial score (nSPS) is 10.7. The minimum Gasteiger partial charge on any atom is -0.451 e. The Kier molecular flexibility index (Phi) is 5.47. The van der Waals surface area contributed by atoms with Crippen LogP contribution in [0, 0.1) is 0 Å². The zero-order chi connectivity index (χ0) is 18.8. The van der Waals surface area contributed by atoms with Gasteiger partial charge in [-0.1, -0.05) is 29.3 Å². The van der Waals surface area contributed by atoms with E-state index in [-0.39, 0.29) is 15.5 Å². The molecule has 0 atom stereocenters. The number of rotatable bonds is 5. The van der Waals surface area contributed by atoms with Crippen LogP contribution in [0.1, 0.15) is 20.0 Å². The van der Waals surface area contributed by atoms with Crippen molar-refractivity contribution in [3.05, 3.63) is 50.1 Å². The molecule has 0 radical (unpaired) electrons. The molecule has 3 aromatic rings. The molecule has 26 heavy (non-hydrogen) atoms. The topological polar surface area (TPSA) is 98.5 Å². The molecule has 1 aromatic carbocycles. The summed E-state index contributed by atoms with van der Waals surface area (Å²) in [5.74, 6) is -1.97. The number of amides is 2. The first-order valence-electron chi connectivity index (χ1n) is 7.08. The predicted octanol–water partition coefficient (Wildman–Crippen LogP) is 4.16. The maximum atomic E-state index is 12.2. The Morgan fingerprint density at radius 1 is 1.19 bits per heavy atom. The number of esters is 1. The number of primary amides is 1. The standard InChI is InChI=1S/C16H10Cl2N2O4S2/c17-7-1-2-8-10(5-7)26-13(12(8)18)16(23)24-6-11(21)20-15-9(14(19)22)3-4-25-15/h1-5H,6H2,(H2,19,22)(H,20,21). The van der Waals surface area contributed by atoms with Gasteiger partial charge >= 0.3 is 5.97 Å². The van der Waals surface area contributed by atoms with E-state index >= 15 is 0 Å². The molecule has 0 bridgehead atoms. The minimum atomic E-state index is -0.719. The number of thiophene rings is 2. The minimum absolute atomic E-state index is 0.186. The molecule has 2 amide bonds. The van der Waals surface area contributed by atoms with Gasteiger partial charge in [-0.2, -0.15) is 0 Å². The van der Waals surface area contributed by atoms with E-state index in [2.05, 4.69) is 5.32 Å². The summed E-state index contributed by atoms with van der Waals surface area (Å²) in [4.78, 5) is 35.6. The monoisotopic (exact) mass is 428 g/mol. The Morgan fingerprint density at radius 2 is 1.96 bits per heavy atom. The van der Waals surface area contributed by atoms with Crippen LogP contribution in [0.25, 0.3) is 10.1 Å². The van der Waals surface area contributed by atoms with E-state index in [9.17, 15) is 14.4 Å². The van der Waals surface area contributed by atoms with Crippen molar-refractivity contribution in [3.8, 4) is 0 Å². The average molecular weight is 429 g/mol. The molecule has 3 rings (SSSR count). The highest BCUT2D eigenvalue weighted by Gasteiger charge is 2.20. The molecule has 134 valence electrons. The number of benzene rings is 1. The molecule has 0 saturated carbocycles. The highest BCUT2D eigenvalue weighted by atomic mass is 35.5. The van der Waals surface area contributed by atoms with Crippen molar-refractivity contribution in [2.24, 2.45) is 5.73 Å². The molecule has 2 heterocycles. The van der Waals surface area contributed by atoms with Gasteiger partial charge in [-0.05, 0) is 23.6 Å². The Morgan fingerprint density at radius 3 is 2.69 bits per heavy atom. The first-order chi connectivity index (χ1) is 12.4. The van der Waals surface area contributed by atoms with Crippen LogP contribution < -0.4 is 11.1 Å². The van der Waals surface area contributed by atoms with Gasteiger partial charge in [0.2, 0.25) is 0 Å². The third-order valence-corrected chi connectivity index (χ3v) is 6.00. The smallest absolute Gasteiger partial charge is 0.350 e. The molecule has 6 nitrogen and oxygen atoms in total. The third-order valence-electron chi connectivity index (χ3n) is 3.29. The summed E-state index contributed by atoms with van der Waals surface area (Å²) in [5, 5.41) is 5.85. The molecule has 0 saturated heterocycles. The van der Waals surface area contributed by atoms with Gasteiger partial charge in [0.25, 0.3) is 11.8 Å². The van der Waals surface area contributed by atoms with Crippen LogP contribution in [0.3, 0.4) is 0 Å². The van der Waals surface area contributed by atoms with Crippen LogP contribution in [0.4, 0.5) is 5.00 Å². The van der Waals surface area contributed by atoms with Crippen LogP contribution in [-0.4, -0.2) is 24.4 Å². The van der Waals surface area contributed by atoms with Gasteiger partial charge in [-0.3, -0.25) is 9.59 Å². The summed E-state index contributed by atoms with van der Waals surface area (Å²) in [6.07, 6.45) is 0. The molecular weight excluding hydrogens is 419 g/mol. The van der Waals surface area contributed by atoms with Gasteiger partial charge in [-0.25, -0.2) is 4.79 Å². The number of anilines is 1. The molecule has 0 unspecified atom stereocenters. The lowest BCUT2D eigenvalue weighted by atomic mass is 10.2. The van der Waals surface area contributed by atoms with Gasteiger partial charge in [0.15, 0.2) is 6.61 Å². The van der Waals surface area contributed by atoms with Gasteiger partial charge in [-0.15, -0.1) is 22.7 Å². The number of carbonyl (C=O) groups excluding carboxylic acids is 3. The van der Waals surface area contributed by atoms with Crippen LogP contribution in [0.5, 0.6) is 0 Å². The van der Waals surface area contributed by atoms with Crippen molar-refractivity contribution < 1.29 is 19.1 Å². The molecule has 3 N–H and O–H groups in total. The SMILES string of the molecule is NC(=O)c1ccsc1NC(=O)COC(=O)c1sc2cc(Cl)ccc2c1Cl. The summed E-state index contributed by atoms with van der Waals surface area (Å²) in [6, 6.07) is 6.57. The third kappa shape index (κ3) is 3.83. The second kappa shape index (κ2) is 7.63. The molecule has 2 aromatic heterocycles. The van der Waals surface area contributed by atoms with Crippen molar-refractivity contribution in [2.45, 2.75) is 0 Å². The summed E-state index contributed by atoms with van der Waals surface area (Å²) < 4.78 is 5.75. The molecule has 0 aliphatic heterocycles. The highest BCUT2D eigenvalue weighted by molar-refractivity contribution is 7.21. The van der Waals surface area contributed by atoms with Crippen LogP contribution >= 0.6 is 45.9 Å². The van der Waals surface area contributed by atoms with Crippen LogP contribution in [-0.2, 0) is 9.53 Å². The van der Waals surface area contributed by atoms with Crippen molar-refractivity contribution in [2.75, 3.05) is 11.9 Å². The predicted molar refractivity (Wildman–Crippen MR) is 104 cm³/mol. The first kappa shape index (κ1) is 18.7. The van der Waals surface area contributed by atoms with E-state index in [1.165, 1.54) is 6.07 Å². The fourth-order valence-corrected chi connectivity index (χ4v) is 4.62. The van der Waals surface area contributed by atoms with E-state index in [4.69, 9.17) is 33.7 Å². The molecule has 10 heteroatoms. The zero-order valence-corrected chi connectivity index (χ0v) is 16.0. The lowest BCUT2D eigenvalue weighted by molar-refractivity contribution is -0.119.